The first-order chi connectivity index (χ1) is 18.2. The van der Waals surface area contributed by atoms with Crippen molar-refractivity contribution in [3.63, 3.8) is 0 Å². The van der Waals surface area contributed by atoms with Crippen LogP contribution < -0.4 is 20.1 Å². The van der Waals surface area contributed by atoms with Crippen molar-refractivity contribution < 1.29 is 32.6 Å². The van der Waals surface area contributed by atoms with Gasteiger partial charge in [-0.05, 0) is 67.6 Å². The van der Waals surface area contributed by atoms with Crippen LogP contribution in [-0.2, 0) is 15.0 Å². The number of anilines is 1. The Morgan fingerprint density at radius 2 is 1.84 bits per heavy atom. The maximum absolute atomic E-state index is 13.4. The normalized spacial score (nSPS) is 16.0. The van der Waals surface area contributed by atoms with E-state index in [-0.39, 0.29) is 23.3 Å². The molecule has 0 saturated heterocycles. The van der Waals surface area contributed by atoms with Crippen LogP contribution in [0.5, 0.6) is 11.5 Å². The number of fused-ring (bicyclic) bond motifs is 1. The first-order valence-corrected chi connectivity index (χ1v) is 12.2. The Balaban J connectivity index is 1.33. The van der Waals surface area contributed by atoms with Crippen molar-refractivity contribution in [1.82, 2.24) is 10.3 Å². The number of aldehydes is 1. The smallest absolute Gasteiger partial charge is 0.395 e. The van der Waals surface area contributed by atoms with Gasteiger partial charge >= 0.3 is 6.29 Å². The lowest BCUT2D eigenvalue weighted by molar-refractivity contribution is -0.286. The molecule has 0 radical (unpaired) electrons. The Morgan fingerprint density at radius 1 is 1.05 bits per heavy atom. The van der Waals surface area contributed by atoms with Crippen LogP contribution in [0.4, 0.5) is 14.6 Å². The fourth-order valence-electron chi connectivity index (χ4n) is 4.44. The maximum Gasteiger partial charge on any atom is 0.586 e. The summed E-state index contributed by atoms with van der Waals surface area (Å²) in [6.45, 7) is 2.28. The second-order valence-electron chi connectivity index (χ2n) is 9.37. The van der Waals surface area contributed by atoms with E-state index < -0.39 is 11.7 Å². The van der Waals surface area contributed by atoms with Gasteiger partial charge in [-0.3, -0.25) is 9.59 Å². The number of hydrogen-bond acceptors (Lipinski definition) is 6. The highest BCUT2D eigenvalue weighted by molar-refractivity contribution is 6.01. The number of pyridine rings is 1. The molecule has 2 aromatic carbocycles. The van der Waals surface area contributed by atoms with Gasteiger partial charge in [-0.15, -0.1) is 8.78 Å². The average molecular weight is 522 g/mol. The fraction of sp³-hybridized carbons (Fsp3) is 0.286. The molecule has 8 nitrogen and oxygen atoms in total. The number of nitrogens with one attached hydrogen (secondary N) is 2. The number of hydrogen-bond donors (Lipinski definition) is 2. The summed E-state index contributed by atoms with van der Waals surface area (Å²) < 4.78 is 35.9. The van der Waals surface area contributed by atoms with Gasteiger partial charge in [0.2, 0.25) is 5.91 Å². The summed E-state index contributed by atoms with van der Waals surface area (Å²) >= 11 is 0. The number of aromatic nitrogens is 1. The number of carbonyl (C=O) groups is 3. The van der Waals surface area contributed by atoms with Crippen molar-refractivity contribution in [1.29, 1.82) is 0 Å². The zero-order valence-corrected chi connectivity index (χ0v) is 20.6. The Hall–Kier alpha value is -4.34. The molecule has 2 heterocycles. The molecule has 1 aliphatic carbocycles. The van der Waals surface area contributed by atoms with E-state index in [1.807, 2.05) is 19.1 Å². The average Bonchev–Trinajstić information content (AvgIpc) is 3.64. The lowest BCUT2D eigenvalue weighted by Gasteiger charge is -2.17. The van der Waals surface area contributed by atoms with Crippen LogP contribution in [0.3, 0.4) is 0 Å². The number of benzene rings is 2. The van der Waals surface area contributed by atoms with Gasteiger partial charge in [0, 0.05) is 24.1 Å². The highest BCUT2D eigenvalue weighted by Crippen LogP contribution is 2.52. The molecule has 2 aliphatic rings. The van der Waals surface area contributed by atoms with Gasteiger partial charge in [-0.1, -0.05) is 24.3 Å². The SMILES string of the molecule is Cc1ccc(NC(=O)C2(c3ccc4c(c3)OC(F)(F)O4)CC2)nc1-c1cccc(C(=O)NCCCC=O)c1. The molecule has 0 unspecified atom stereocenters. The van der Waals surface area contributed by atoms with E-state index >= 15 is 0 Å². The number of alkyl halides is 2. The minimum absolute atomic E-state index is 0.0725. The quantitative estimate of drug-likeness (QED) is 0.311. The molecule has 1 aromatic heterocycles. The number of nitrogens with zero attached hydrogens (tertiary/aromatic N) is 1. The third-order valence-corrected chi connectivity index (χ3v) is 6.66. The molecule has 5 rings (SSSR count). The minimum atomic E-state index is -3.73. The van der Waals surface area contributed by atoms with Gasteiger partial charge in [0.15, 0.2) is 11.5 Å². The fourth-order valence-corrected chi connectivity index (χ4v) is 4.44. The second-order valence-corrected chi connectivity index (χ2v) is 9.37. The van der Waals surface area contributed by atoms with Gasteiger partial charge in [0.25, 0.3) is 5.91 Å². The molecule has 1 saturated carbocycles. The molecule has 196 valence electrons. The molecule has 10 heteroatoms. The van der Waals surface area contributed by atoms with Crippen molar-refractivity contribution in [3.05, 3.63) is 71.3 Å². The third kappa shape index (κ3) is 5.06. The summed E-state index contributed by atoms with van der Waals surface area (Å²) in [5.41, 5.74) is 2.31. The molecule has 1 aliphatic heterocycles. The number of carbonyl (C=O) groups excluding carboxylic acids is 3. The molecule has 0 spiro atoms. The first kappa shape index (κ1) is 25.3. The first-order valence-electron chi connectivity index (χ1n) is 12.2. The van der Waals surface area contributed by atoms with E-state index in [1.54, 1.807) is 30.3 Å². The zero-order chi connectivity index (χ0) is 26.9. The maximum atomic E-state index is 13.4. The van der Waals surface area contributed by atoms with Crippen molar-refractivity contribution in [2.75, 3.05) is 11.9 Å². The summed E-state index contributed by atoms with van der Waals surface area (Å²) in [6.07, 6.45) is -0.856. The highest BCUT2D eigenvalue weighted by Gasteiger charge is 2.53. The number of unbranched alkanes of at least 4 members (excludes halogenated alkanes) is 1. The predicted octanol–water partition coefficient (Wildman–Crippen LogP) is 4.76. The van der Waals surface area contributed by atoms with Gasteiger partial charge in [-0.25, -0.2) is 4.98 Å². The van der Waals surface area contributed by atoms with Gasteiger partial charge in [0.05, 0.1) is 11.1 Å². The summed E-state index contributed by atoms with van der Waals surface area (Å²) in [5.74, 6) is -0.393. The van der Waals surface area contributed by atoms with Crippen molar-refractivity contribution in [3.8, 4) is 22.8 Å². The lowest BCUT2D eigenvalue weighted by Crippen LogP contribution is -2.28. The third-order valence-electron chi connectivity index (χ3n) is 6.66. The molecule has 3 aromatic rings. The molecule has 1 fully saturated rings. The van der Waals surface area contributed by atoms with Gasteiger partial charge in [-0.2, -0.15) is 0 Å². The van der Waals surface area contributed by atoms with Crippen LogP contribution in [0.15, 0.2) is 54.6 Å². The molecule has 38 heavy (non-hydrogen) atoms. The van der Waals surface area contributed by atoms with Gasteiger partial charge < -0.3 is 24.9 Å². The minimum Gasteiger partial charge on any atom is -0.395 e. The Bertz CT molecular complexity index is 1420. The summed E-state index contributed by atoms with van der Waals surface area (Å²) in [7, 11) is 0. The number of ether oxygens (including phenoxy) is 2. The van der Waals surface area contributed by atoms with E-state index in [0.717, 1.165) is 11.8 Å². The van der Waals surface area contributed by atoms with Crippen LogP contribution in [0, 0.1) is 6.92 Å². The van der Waals surface area contributed by atoms with E-state index in [4.69, 9.17) is 0 Å². The van der Waals surface area contributed by atoms with E-state index in [1.165, 1.54) is 12.1 Å². The molecular formula is C28H25F2N3O5. The summed E-state index contributed by atoms with van der Waals surface area (Å²) in [6, 6.07) is 14.9. The van der Waals surface area contributed by atoms with Crippen molar-refractivity contribution >= 4 is 23.9 Å². The van der Waals surface area contributed by atoms with Crippen LogP contribution in [-0.4, -0.2) is 35.9 Å². The van der Waals surface area contributed by atoms with E-state index in [9.17, 15) is 23.2 Å². The molecule has 2 N–H and O–H groups in total. The standard InChI is InChI=1S/C28H25F2N3O5/c1-17-7-10-23(32-24(17)18-5-4-6-19(15-18)25(35)31-13-2-3-14-34)33-26(36)27(11-12-27)20-8-9-21-22(16-20)38-28(29,30)37-21/h4-10,14-16H,2-3,11-13H2,1H3,(H,31,35)(H,32,33,36). The number of amides is 2. The second kappa shape index (κ2) is 9.85. The number of rotatable bonds is 9. The lowest BCUT2D eigenvalue weighted by atomic mass is 9.94. The zero-order valence-electron chi connectivity index (χ0n) is 20.6. The van der Waals surface area contributed by atoms with E-state index in [2.05, 4.69) is 25.1 Å². The molecular weight excluding hydrogens is 496 g/mol. The molecule has 0 atom stereocenters. The molecule has 2 amide bonds. The predicted molar refractivity (Wildman–Crippen MR) is 134 cm³/mol. The van der Waals surface area contributed by atoms with E-state index in [0.29, 0.717) is 60.4 Å². The number of halogens is 2. The largest absolute Gasteiger partial charge is 0.586 e. The van der Waals surface area contributed by atoms with Crippen molar-refractivity contribution in [2.24, 2.45) is 0 Å². The Kier molecular flexibility index (Phi) is 6.56. The molecule has 0 bridgehead atoms. The monoisotopic (exact) mass is 521 g/mol. The summed E-state index contributed by atoms with van der Waals surface area (Å²) in [5, 5.41) is 5.65. The number of aryl methyl sites for hydroxylation is 1. The Labute approximate surface area is 217 Å². The van der Waals surface area contributed by atoms with Crippen LogP contribution in [0.2, 0.25) is 0 Å². The van der Waals surface area contributed by atoms with Crippen molar-refractivity contribution in [2.45, 2.75) is 44.3 Å². The Morgan fingerprint density at radius 3 is 2.61 bits per heavy atom. The van der Waals surface area contributed by atoms with Crippen LogP contribution in [0.25, 0.3) is 11.3 Å². The topological polar surface area (TPSA) is 107 Å². The highest BCUT2D eigenvalue weighted by atomic mass is 19.3. The summed E-state index contributed by atoms with van der Waals surface area (Å²) in [4.78, 5) is 40.9. The van der Waals surface area contributed by atoms with Gasteiger partial charge in [0.1, 0.15) is 12.1 Å². The van der Waals surface area contributed by atoms with Crippen LogP contribution in [0.1, 0.15) is 47.2 Å². The van der Waals surface area contributed by atoms with Crippen LogP contribution >= 0.6 is 0 Å².